The molecule has 2 aromatic carbocycles. The molecule has 2 amide bonds. The van der Waals surface area contributed by atoms with Crippen LogP contribution in [0.4, 0.5) is 0 Å². The van der Waals surface area contributed by atoms with Crippen LogP contribution in [0.3, 0.4) is 0 Å². The van der Waals surface area contributed by atoms with Crippen LogP contribution in [-0.4, -0.2) is 35.1 Å². The van der Waals surface area contributed by atoms with Gasteiger partial charge in [0.05, 0.1) is 15.8 Å². The molecule has 0 aliphatic heterocycles. The predicted molar refractivity (Wildman–Crippen MR) is 132 cm³/mol. The van der Waals surface area contributed by atoms with Gasteiger partial charge in [0.15, 0.2) is 0 Å². The summed E-state index contributed by atoms with van der Waals surface area (Å²) >= 11 is 13.7. The predicted octanol–water partition coefficient (Wildman–Crippen LogP) is 5.72. The summed E-state index contributed by atoms with van der Waals surface area (Å²) in [5.74, 6) is 1.12. The molecular formula is C24H30Cl2N2O2S. The van der Waals surface area contributed by atoms with Gasteiger partial charge in [-0.1, -0.05) is 67.4 Å². The van der Waals surface area contributed by atoms with Gasteiger partial charge in [-0.3, -0.25) is 9.59 Å². The van der Waals surface area contributed by atoms with Gasteiger partial charge in [-0.15, -0.1) is 11.8 Å². The number of hydrogen-bond acceptors (Lipinski definition) is 3. The summed E-state index contributed by atoms with van der Waals surface area (Å²) in [6, 6.07) is 12.8. The second-order valence-corrected chi connectivity index (χ2v) is 9.80. The van der Waals surface area contributed by atoms with Crippen LogP contribution in [-0.2, 0) is 21.9 Å². The third-order valence-electron chi connectivity index (χ3n) is 4.93. The third kappa shape index (κ3) is 8.06. The number of nitrogens with zero attached hydrogens (tertiary/aromatic N) is 1. The molecule has 168 valence electrons. The zero-order valence-electron chi connectivity index (χ0n) is 18.5. The van der Waals surface area contributed by atoms with Crippen LogP contribution in [0.5, 0.6) is 0 Å². The molecule has 0 bridgehead atoms. The largest absolute Gasteiger partial charge is 0.354 e. The minimum absolute atomic E-state index is 0.0862. The topological polar surface area (TPSA) is 49.4 Å². The molecule has 2 aromatic rings. The summed E-state index contributed by atoms with van der Waals surface area (Å²) in [6.45, 7) is 8.75. The highest BCUT2D eigenvalue weighted by Gasteiger charge is 2.26. The van der Waals surface area contributed by atoms with E-state index in [1.54, 1.807) is 35.7 Å². The van der Waals surface area contributed by atoms with E-state index in [2.05, 4.69) is 24.4 Å². The molecule has 0 heterocycles. The molecular weight excluding hydrogens is 451 g/mol. The average Bonchev–Trinajstić information content (AvgIpc) is 2.73. The van der Waals surface area contributed by atoms with Crippen molar-refractivity contribution in [2.75, 3.05) is 12.3 Å². The first-order valence-electron chi connectivity index (χ1n) is 10.3. The lowest BCUT2D eigenvalue weighted by Gasteiger charge is -2.29. The molecule has 0 aliphatic carbocycles. The SMILES string of the molecule is Cc1ccccc1CSCC(=O)N(Cc1ccc(Cl)c(Cl)c1)[C@@H](C)C(=O)NCC(C)C. The lowest BCUT2D eigenvalue weighted by Crippen LogP contribution is -2.48. The van der Waals surface area contributed by atoms with Crippen molar-refractivity contribution in [3.05, 3.63) is 69.2 Å². The molecule has 0 saturated heterocycles. The molecule has 7 heteroatoms. The number of thioether (sulfide) groups is 1. The number of halogens is 2. The number of aryl methyl sites for hydroxylation is 1. The zero-order chi connectivity index (χ0) is 23.0. The van der Waals surface area contributed by atoms with Crippen molar-refractivity contribution in [2.24, 2.45) is 5.92 Å². The Balaban J connectivity index is 2.10. The van der Waals surface area contributed by atoms with Gasteiger partial charge in [-0.2, -0.15) is 0 Å². The monoisotopic (exact) mass is 480 g/mol. The highest BCUT2D eigenvalue weighted by atomic mass is 35.5. The molecule has 4 nitrogen and oxygen atoms in total. The fraction of sp³-hybridized carbons (Fsp3) is 0.417. The van der Waals surface area contributed by atoms with E-state index in [4.69, 9.17) is 23.2 Å². The van der Waals surface area contributed by atoms with E-state index in [1.807, 2.05) is 32.0 Å². The van der Waals surface area contributed by atoms with Crippen LogP contribution in [0, 0.1) is 12.8 Å². The normalized spacial score (nSPS) is 12.0. The molecule has 1 N–H and O–H groups in total. The van der Waals surface area contributed by atoms with Gasteiger partial charge in [-0.25, -0.2) is 0 Å². The number of carbonyl (C=O) groups excluding carboxylic acids is 2. The smallest absolute Gasteiger partial charge is 0.242 e. The van der Waals surface area contributed by atoms with Gasteiger partial charge in [-0.05, 0) is 48.6 Å². The first-order valence-corrected chi connectivity index (χ1v) is 12.2. The van der Waals surface area contributed by atoms with Gasteiger partial charge in [0, 0.05) is 18.8 Å². The van der Waals surface area contributed by atoms with Crippen LogP contribution in [0.2, 0.25) is 10.0 Å². The Morgan fingerprint density at radius 1 is 1.06 bits per heavy atom. The van der Waals surface area contributed by atoms with Gasteiger partial charge in [0.1, 0.15) is 6.04 Å². The number of carbonyl (C=O) groups is 2. The summed E-state index contributed by atoms with van der Waals surface area (Å²) in [6.07, 6.45) is 0. The molecule has 0 spiro atoms. The Morgan fingerprint density at radius 3 is 2.42 bits per heavy atom. The molecule has 31 heavy (non-hydrogen) atoms. The van der Waals surface area contributed by atoms with Gasteiger partial charge in [0.25, 0.3) is 0 Å². The molecule has 0 fully saturated rings. The van der Waals surface area contributed by atoms with E-state index < -0.39 is 6.04 Å². The van der Waals surface area contributed by atoms with Crippen molar-refractivity contribution < 1.29 is 9.59 Å². The standard InChI is InChI=1S/C24H30Cl2N2O2S/c1-16(2)12-27-24(30)18(4)28(13-19-9-10-21(25)22(26)11-19)23(29)15-31-14-20-8-6-5-7-17(20)3/h5-11,16,18H,12-15H2,1-4H3,(H,27,30)/t18-/m0/s1. The average molecular weight is 481 g/mol. The fourth-order valence-corrected chi connectivity index (χ4v) is 4.28. The number of rotatable bonds is 10. The van der Waals surface area contributed by atoms with Crippen molar-refractivity contribution in [3.8, 4) is 0 Å². The van der Waals surface area contributed by atoms with Crippen LogP contribution in [0.15, 0.2) is 42.5 Å². The van der Waals surface area contributed by atoms with Crippen molar-refractivity contribution in [1.29, 1.82) is 0 Å². The van der Waals surface area contributed by atoms with E-state index in [1.165, 1.54) is 11.1 Å². The second kappa shape index (κ2) is 12.4. The number of amides is 2. The molecule has 1 atom stereocenters. The lowest BCUT2D eigenvalue weighted by atomic mass is 10.1. The summed E-state index contributed by atoms with van der Waals surface area (Å²) in [4.78, 5) is 27.4. The Bertz CT molecular complexity index is 905. The fourth-order valence-electron chi connectivity index (χ4n) is 2.97. The zero-order valence-corrected chi connectivity index (χ0v) is 20.8. The molecule has 0 saturated carbocycles. The Kier molecular flexibility index (Phi) is 10.2. The van der Waals surface area contributed by atoms with Crippen LogP contribution in [0.25, 0.3) is 0 Å². The molecule has 0 aromatic heterocycles. The van der Waals surface area contributed by atoms with Crippen LogP contribution < -0.4 is 5.32 Å². The van der Waals surface area contributed by atoms with E-state index in [9.17, 15) is 9.59 Å². The first-order chi connectivity index (χ1) is 14.7. The quantitative estimate of drug-likeness (QED) is 0.472. The Labute approximate surface area is 199 Å². The molecule has 0 aliphatic rings. The van der Waals surface area contributed by atoms with Crippen molar-refractivity contribution in [1.82, 2.24) is 10.2 Å². The lowest BCUT2D eigenvalue weighted by molar-refractivity contribution is -0.138. The highest BCUT2D eigenvalue weighted by Crippen LogP contribution is 2.24. The summed E-state index contributed by atoms with van der Waals surface area (Å²) in [5, 5.41) is 3.81. The maximum atomic E-state index is 13.1. The Morgan fingerprint density at radius 2 is 1.77 bits per heavy atom. The molecule has 0 unspecified atom stereocenters. The van der Waals surface area contributed by atoms with Crippen molar-refractivity contribution in [3.63, 3.8) is 0 Å². The van der Waals surface area contributed by atoms with E-state index in [0.717, 1.165) is 11.3 Å². The maximum Gasteiger partial charge on any atom is 0.242 e. The van der Waals surface area contributed by atoms with E-state index in [0.29, 0.717) is 22.5 Å². The minimum Gasteiger partial charge on any atom is -0.354 e. The first kappa shape index (κ1) is 25.6. The van der Waals surface area contributed by atoms with Crippen LogP contribution >= 0.6 is 35.0 Å². The van der Waals surface area contributed by atoms with Gasteiger partial charge < -0.3 is 10.2 Å². The number of nitrogens with one attached hydrogen (secondary N) is 1. The van der Waals surface area contributed by atoms with Crippen molar-refractivity contribution >= 4 is 46.8 Å². The molecule has 2 rings (SSSR count). The number of benzene rings is 2. The summed E-state index contributed by atoms with van der Waals surface area (Å²) < 4.78 is 0. The highest BCUT2D eigenvalue weighted by molar-refractivity contribution is 7.99. The Hall–Kier alpha value is -1.69. The molecule has 0 radical (unpaired) electrons. The maximum absolute atomic E-state index is 13.1. The summed E-state index contributed by atoms with van der Waals surface area (Å²) in [5.41, 5.74) is 3.24. The van der Waals surface area contributed by atoms with Gasteiger partial charge in [0.2, 0.25) is 11.8 Å². The number of hydrogen-bond donors (Lipinski definition) is 1. The van der Waals surface area contributed by atoms with Gasteiger partial charge >= 0.3 is 0 Å². The van der Waals surface area contributed by atoms with Crippen LogP contribution in [0.1, 0.15) is 37.5 Å². The van der Waals surface area contributed by atoms with Crippen molar-refractivity contribution in [2.45, 2.75) is 46.0 Å². The van der Waals surface area contributed by atoms with E-state index in [-0.39, 0.29) is 24.1 Å². The minimum atomic E-state index is -0.597. The second-order valence-electron chi connectivity index (χ2n) is 8.00. The van der Waals surface area contributed by atoms with E-state index >= 15 is 0 Å². The third-order valence-corrected chi connectivity index (χ3v) is 6.64. The summed E-state index contributed by atoms with van der Waals surface area (Å²) in [7, 11) is 0.